The van der Waals surface area contributed by atoms with Gasteiger partial charge in [-0.05, 0) is 37.0 Å². The SMILES string of the molecule is CC1CCCN(c2nc3ncn(CC(=O)Nc4cccc(Cl)c4)c(=O)c3s2)C1. The van der Waals surface area contributed by atoms with Crippen LogP contribution in [0.15, 0.2) is 35.4 Å². The van der Waals surface area contributed by atoms with Gasteiger partial charge >= 0.3 is 0 Å². The molecule has 7 nitrogen and oxygen atoms in total. The number of carbonyl (C=O) groups excluding carboxylic acids is 1. The third-order valence-electron chi connectivity index (χ3n) is 4.72. The molecule has 3 aromatic rings. The molecule has 1 amide bonds. The molecule has 0 radical (unpaired) electrons. The number of halogens is 1. The Bertz CT molecular complexity index is 1080. The molecular formula is C19H20ClN5O2S. The molecule has 1 aliphatic heterocycles. The van der Waals surface area contributed by atoms with Crippen LogP contribution in [0, 0.1) is 5.92 Å². The van der Waals surface area contributed by atoms with Crippen LogP contribution >= 0.6 is 22.9 Å². The number of benzene rings is 1. The average Bonchev–Trinajstić information content (AvgIpc) is 3.09. The maximum Gasteiger partial charge on any atom is 0.273 e. The van der Waals surface area contributed by atoms with E-state index in [0.29, 0.717) is 27.0 Å². The van der Waals surface area contributed by atoms with Gasteiger partial charge in [0.15, 0.2) is 10.8 Å². The number of fused-ring (bicyclic) bond motifs is 1. The first-order valence-corrected chi connectivity index (χ1v) is 10.4. The first-order chi connectivity index (χ1) is 13.5. The first kappa shape index (κ1) is 18.9. The predicted octanol–water partition coefficient (Wildman–Crippen LogP) is 3.38. The van der Waals surface area contributed by atoms with Gasteiger partial charge in [-0.15, -0.1) is 0 Å². The van der Waals surface area contributed by atoms with Crippen molar-refractivity contribution in [1.29, 1.82) is 0 Å². The van der Waals surface area contributed by atoms with Crippen LogP contribution in [-0.4, -0.2) is 33.5 Å². The van der Waals surface area contributed by atoms with Gasteiger partial charge in [0.2, 0.25) is 5.91 Å². The lowest BCUT2D eigenvalue weighted by molar-refractivity contribution is -0.116. The van der Waals surface area contributed by atoms with Crippen LogP contribution < -0.4 is 15.8 Å². The molecule has 3 heterocycles. The summed E-state index contributed by atoms with van der Waals surface area (Å²) in [6, 6.07) is 6.86. The number of amides is 1. The average molecular weight is 418 g/mol. The third-order valence-corrected chi connectivity index (χ3v) is 6.05. The van der Waals surface area contributed by atoms with E-state index in [1.807, 2.05) is 0 Å². The molecule has 1 N–H and O–H groups in total. The Kier molecular flexibility index (Phi) is 5.32. The molecule has 1 aromatic carbocycles. The number of carbonyl (C=O) groups is 1. The first-order valence-electron chi connectivity index (χ1n) is 9.16. The molecule has 1 fully saturated rings. The highest BCUT2D eigenvalue weighted by atomic mass is 35.5. The zero-order chi connectivity index (χ0) is 19.7. The van der Waals surface area contributed by atoms with E-state index in [0.717, 1.165) is 24.6 Å². The number of hydrogen-bond acceptors (Lipinski definition) is 6. The fourth-order valence-corrected chi connectivity index (χ4v) is 4.56. The molecule has 1 saturated heterocycles. The lowest BCUT2D eigenvalue weighted by atomic mass is 10.0. The van der Waals surface area contributed by atoms with Crippen LogP contribution in [0.4, 0.5) is 10.8 Å². The monoisotopic (exact) mass is 417 g/mol. The minimum atomic E-state index is -0.319. The molecule has 0 saturated carbocycles. The van der Waals surface area contributed by atoms with Gasteiger partial charge in [-0.1, -0.05) is 35.9 Å². The summed E-state index contributed by atoms with van der Waals surface area (Å²) in [5.74, 6) is 0.292. The number of thiazole rings is 1. The number of anilines is 2. The van der Waals surface area contributed by atoms with Gasteiger partial charge in [-0.25, -0.2) is 4.98 Å². The van der Waals surface area contributed by atoms with Crippen LogP contribution in [0.5, 0.6) is 0 Å². The molecular weight excluding hydrogens is 398 g/mol. The van der Waals surface area contributed by atoms with Gasteiger partial charge in [-0.2, -0.15) is 4.98 Å². The summed E-state index contributed by atoms with van der Waals surface area (Å²) in [5.41, 5.74) is 0.772. The topological polar surface area (TPSA) is 80.1 Å². The van der Waals surface area contributed by atoms with Gasteiger partial charge in [0.25, 0.3) is 5.56 Å². The van der Waals surface area contributed by atoms with Crippen LogP contribution in [0.2, 0.25) is 5.02 Å². The Morgan fingerprint density at radius 3 is 3.07 bits per heavy atom. The van der Waals surface area contributed by atoms with E-state index in [1.165, 1.54) is 28.7 Å². The highest BCUT2D eigenvalue weighted by molar-refractivity contribution is 7.22. The molecule has 0 aliphatic carbocycles. The summed E-state index contributed by atoms with van der Waals surface area (Å²) in [7, 11) is 0. The Morgan fingerprint density at radius 1 is 1.43 bits per heavy atom. The minimum absolute atomic E-state index is 0.123. The molecule has 146 valence electrons. The van der Waals surface area contributed by atoms with E-state index in [4.69, 9.17) is 11.6 Å². The number of piperidine rings is 1. The van der Waals surface area contributed by atoms with Gasteiger partial charge in [0.1, 0.15) is 17.6 Å². The largest absolute Gasteiger partial charge is 0.348 e. The van der Waals surface area contributed by atoms with E-state index in [2.05, 4.69) is 27.1 Å². The molecule has 28 heavy (non-hydrogen) atoms. The quantitative estimate of drug-likeness (QED) is 0.703. The van der Waals surface area contributed by atoms with Crippen molar-refractivity contribution in [3.63, 3.8) is 0 Å². The van der Waals surface area contributed by atoms with Crippen molar-refractivity contribution in [2.45, 2.75) is 26.3 Å². The van der Waals surface area contributed by atoms with E-state index in [-0.39, 0.29) is 18.0 Å². The lowest BCUT2D eigenvalue weighted by Gasteiger charge is -2.30. The Morgan fingerprint density at radius 2 is 2.29 bits per heavy atom. The van der Waals surface area contributed by atoms with E-state index in [1.54, 1.807) is 24.3 Å². The van der Waals surface area contributed by atoms with Crippen molar-refractivity contribution in [3.05, 3.63) is 46.0 Å². The standard InChI is InChI=1S/C19H20ClN5O2S/c1-12-4-3-7-24(9-12)19-23-17-16(28-19)18(27)25(11-21-17)10-15(26)22-14-6-2-5-13(20)8-14/h2,5-6,8,11-12H,3-4,7,9-10H2,1H3,(H,22,26). The number of nitrogens with zero attached hydrogens (tertiary/aromatic N) is 4. The molecule has 2 aromatic heterocycles. The molecule has 1 aliphatic rings. The zero-order valence-electron chi connectivity index (χ0n) is 15.4. The highest BCUT2D eigenvalue weighted by Crippen LogP contribution is 2.29. The van der Waals surface area contributed by atoms with Crippen LogP contribution in [0.25, 0.3) is 10.3 Å². The summed E-state index contributed by atoms with van der Waals surface area (Å²) in [5, 5.41) is 4.09. The second-order valence-corrected chi connectivity index (χ2v) is 8.49. The van der Waals surface area contributed by atoms with Crippen molar-refractivity contribution in [2.75, 3.05) is 23.3 Å². The predicted molar refractivity (Wildman–Crippen MR) is 112 cm³/mol. The Labute approximate surface area is 171 Å². The number of hydrogen-bond donors (Lipinski definition) is 1. The number of aromatic nitrogens is 3. The highest BCUT2D eigenvalue weighted by Gasteiger charge is 2.21. The van der Waals surface area contributed by atoms with Crippen molar-refractivity contribution < 1.29 is 4.79 Å². The number of nitrogens with one attached hydrogen (secondary N) is 1. The lowest BCUT2D eigenvalue weighted by Crippen LogP contribution is -2.34. The molecule has 0 bridgehead atoms. The number of rotatable bonds is 4. The third kappa shape index (κ3) is 4.02. The van der Waals surface area contributed by atoms with E-state index in [9.17, 15) is 9.59 Å². The van der Waals surface area contributed by atoms with Gasteiger partial charge in [0, 0.05) is 23.8 Å². The Balaban J connectivity index is 1.54. The summed E-state index contributed by atoms with van der Waals surface area (Å²) in [6.07, 6.45) is 3.72. The molecule has 1 unspecified atom stereocenters. The van der Waals surface area contributed by atoms with Crippen LogP contribution in [0.3, 0.4) is 0 Å². The maximum atomic E-state index is 12.8. The minimum Gasteiger partial charge on any atom is -0.348 e. The summed E-state index contributed by atoms with van der Waals surface area (Å²) in [4.78, 5) is 36.2. The summed E-state index contributed by atoms with van der Waals surface area (Å²) >= 11 is 7.28. The van der Waals surface area contributed by atoms with Gasteiger partial charge in [0.05, 0.1) is 0 Å². The fourth-order valence-electron chi connectivity index (χ4n) is 3.37. The molecule has 1 atom stereocenters. The normalized spacial score (nSPS) is 17.1. The molecule has 4 rings (SSSR count). The van der Waals surface area contributed by atoms with Crippen molar-refractivity contribution in [3.8, 4) is 0 Å². The zero-order valence-corrected chi connectivity index (χ0v) is 17.0. The van der Waals surface area contributed by atoms with E-state index >= 15 is 0 Å². The summed E-state index contributed by atoms with van der Waals surface area (Å²) in [6.45, 7) is 3.99. The van der Waals surface area contributed by atoms with E-state index < -0.39 is 0 Å². The maximum absolute atomic E-state index is 12.8. The van der Waals surface area contributed by atoms with Gasteiger partial charge < -0.3 is 10.2 Å². The molecule has 0 spiro atoms. The molecule has 9 heteroatoms. The Hall–Kier alpha value is -2.45. The van der Waals surface area contributed by atoms with Gasteiger partial charge in [-0.3, -0.25) is 14.2 Å². The van der Waals surface area contributed by atoms with Crippen molar-refractivity contribution in [2.24, 2.45) is 5.92 Å². The van der Waals surface area contributed by atoms with Crippen LogP contribution in [0.1, 0.15) is 19.8 Å². The fraction of sp³-hybridized carbons (Fsp3) is 0.368. The second-order valence-electron chi connectivity index (χ2n) is 7.08. The smallest absolute Gasteiger partial charge is 0.273 e. The van der Waals surface area contributed by atoms with Crippen molar-refractivity contribution >= 4 is 50.0 Å². The van der Waals surface area contributed by atoms with Crippen LogP contribution in [-0.2, 0) is 11.3 Å². The second kappa shape index (κ2) is 7.89. The van der Waals surface area contributed by atoms with Crippen molar-refractivity contribution in [1.82, 2.24) is 14.5 Å². The summed E-state index contributed by atoms with van der Waals surface area (Å²) < 4.78 is 1.79.